The van der Waals surface area contributed by atoms with E-state index in [0.29, 0.717) is 17.9 Å². The van der Waals surface area contributed by atoms with Gasteiger partial charge in [-0.3, -0.25) is 13.9 Å². The summed E-state index contributed by atoms with van der Waals surface area (Å²) in [5, 5.41) is 3.16. The second-order valence-corrected chi connectivity index (χ2v) is 12.1. The van der Waals surface area contributed by atoms with Gasteiger partial charge in [-0.05, 0) is 68.0 Å². The SMILES string of the molecule is CC[C@H](C(=O)NC1CCCCC1)N(Cc1cccc(OC)c1)C(=O)CN(c1cc(C)ccc1C)S(C)(=O)=O. The van der Waals surface area contributed by atoms with Crippen molar-refractivity contribution in [2.45, 2.75) is 77.9 Å². The molecule has 0 bridgehead atoms. The van der Waals surface area contributed by atoms with Crippen molar-refractivity contribution in [3.63, 3.8) is 0 Å². The van der Waals surface area contributed by atoms with Gasteiger partial charge in [-0.25, -0.2) is 8.42 Å². The molecule has 0 aliphatic heterocycles. The number of aryl methyl sites for hydroxylation is 2. The minimum Gasteiger partial charge on any atom is -0.497 e. The third-order valence-electron chi connectivity index (χ3n) is 7.14. The van der Waals surface area contributed by atoms with Crippen LogP contribution >= 0.6 is 0 Å². The van der Waals surface area contributed by atoms with E-state index in [4.69, 9.17) is 4.74 Å². The molecule has 1 N–H and O–H groups in total. The Morgan fingerprint density at radius 2 is 1.79 bits per heavy atom. The number of nitrogens with zero attached hydrogens (tertiary/aromatic N) is 2. The van der Waals surface area contributed by atoms with Crippen LogP contribution in [-0.2, 0) is 26.2 Å². The molecule has 3 rings (SSSR count). The molecule has 1 atom stereocenters. The average Bonchev–Trinajstić information content (AvgIpc) is 2.88. The molecule has 0 radical (unpaired) electrons. The van der Waals surface area contributed by atoms with E-state index in [0.717, 1.165) is 52.9 Å². The number of nitrogens with one attached hydrogen (secondary N) is 1. The van der Waals surface area contributed by atoms with Gasteiger partial charge in [-0.1, -0.05) is 50.5 Å². The van der Waals surface area contributed by atoms with Crippen LogP contribution in [0, 0.1) is 13.8 Å². The van der Waals surface area contributed by atoms with Crippen molar-refractivity contribution < 1.29 is 22.7 Å². The number of anilines is 1. The second kappa shape index (κ2) is 13.1. The molecule has 38 heavy (non-hydrogen) atoms. The maximum absolute atomic E-state index is 13.9. The molecule has 0 aromatic heterocycles. The molecule has 208 valence electrons. The number of methoxy groups -OCH3 is 1. The highest BCUT2D eigenvalue weighted by atomic mass is 32.2. The fourth-order valence-electron chi connectivity index (χ4n) is 5.01. The minimum absolute atomic E-state index is 0.0986. The van der Waals surface area contributed by atoms with Crippen molar-refractivity contribution >= 4 is 27.5 Å². The van der Waals surface area contributed by atoms with Crippen molar-refractivity contribution in [1.29, 1.82) is 0 Å². The smallest absolute Gasteiger partial charge is 0.244 e. The lowest BCUT2D eigenvalue weighted by molar-refractivity contribution is -0.140. The monoisotopic (exact) mass is 543 g/mol. The van der Waals surface area contributed by atoms with Crippen molar-refractivity contribution in [1.82, 2.24) is 10.2 Å². The Labute approximate surface area is 227 Å². The van der Waals surface area contributed by atoms with Crippen LogP contribution in [-0.4, -0.2) is 57.1 Å². The predicted octanol–water partition coefficient (Wildman–Crippen LogP) is 4.33. The molecule has 0 heterocycles. The van der Waals surface area contributed by atoms with Crippen LogP contribution in [0.25, 0.3) is 0 Å². The van der Waals surface area contributed by atoms with Crippen molar-refractivity contribution in [2.24, 2.45) is 0 Å². The molecule has 1 aliphatic carbocycles. The third-order valence-corrected chi connectivity index (χ3v) is 8.26. The van der Waals surface area contributed by atoms with E-state index in [-0.39, 0.29) is 18.5 Å². The molecule has 0 spiro atoms. The lowest BCUT2D eigenvalue weighted by atomic mass is 9.95. The Morgan fingerprint density at radius 1 is 1.08 bits per heavy atom. The van der Waals surface area contributed by atoms with Gasteiger partial charge in [0.25, 0.3) is 0 Å². The fraction of sp³-hybridized carbons (Fsp3) is 0.517. The highest BCUT2D eigenvalue weighted by Gasteiger charge is 2.33. The van der Waals surface area contributed by atoms with E-state index in [2.05, 4.69) is 5.32 Å². The van der Waals surface area contributed by atoms with Crippen molar-refractivity contribution in [3.8, 4) is 5.75 Å². The Balaban J connectivity index is 1.96. The summed E-state index contributed by atoms with van der Waals surface area (Å²) >= 11 is 0. The highest BCUT2D eigenvalue weighted by Crippen LogP contribution is 2.25. The van der Waals surface area contributed by atoms with E-state index in [9.17, 15) is 18.0 Å². The molecule has 2 aromatic carbocycles. The molecular formula is C29H41N3O5S. The molecule has 1 aliphatic rings. The van der Waals surface area contributed by atoms with Crippen LogP contribution < -0.4 is 14.4 Å². The topological polar surface area (TPSA) is 96.0 Å². The summed E-state index contributed by atoms with van der Waals surface area (Å²) in [6.07, 6.45) is 6.68. The van der Waals surface area contributed by atoms with E-state index < -0.39 is 28.5 Å². The van der Waals surface area contributed by atoms with Crippen molar-refractivity contribution in [3.05, 3.63) is 59.2 Å². The molecular weight excluding hydrogens is 502 g/mol. The van der Waals surface area contributed by atoms with Gasteiger partial charge in [0.2, 0.25) is 21.8 Å². The van der Waals surface area contributed by atoms with Gasteiger partial charge in [-0.2, -0.15) is 0 Å². The average molecular weight is 544 g/mol. The van der Waals surface area contributed by atoms with Crippen molar-refractivity contribution in [2.75, 3.05) is 24.2 Å². The zero-order chi connectivity index (χ0) is 27.9. The van der Waals surface area contributed by atoms with Gasteiger partial charge < -0.3 is 15.0 Å². The summed E-state index contributed by atoms with van der Waals surface area (Å²) in [5.41, 5.74) is 2.88. The maximum atomic E-state index is 13.9. The first kappa shape index (κ1) is 29.5. The quantitative estimate of drug-likeness (QED) is 0.455. The molecule has 9 heteroatoms. The highest BCUT2D eigenvalue weighted by molar-refractivity contribution is 7.92. The summed E-state index contributed by atoms with van der Waals surface area (Å²) in [4.78, 5) is 28.9. The molecule has 0 unspecified atom stereocenters. The molecule has 2 amide bonds. The number of carbonyl (C=O) groups excluding carboxylic acids is 2. The predicted molar refractivity (Wildman–Crippen MR) is 151 cm³/mol. The zero-order valence-electron chi connectivity index (χ0n) is 23.2. The fourth-order valence-corrected chi connectivity index (χ4v) is 5.91. The zero-order valence-corrected chi connectivity index (χ0v) is 24.0. The number of hydrogen-bond donors (Lipinski definition) is 1. The molecule has 2 aromatic rings. The first-order valence-electron chi connectivity index (χ1n) is 13.3. The van der Waals surface area contributed by atoms with Gasteiger partial charge in [0.1, 0.15) is 18.3 Å². The molecule has 1 saturated carbocycles. The number of rotatable bonds is 11. The number of carbonyl (C=O) groups is 2. The number of ether oxygens (including phenoxy) is 1. The lowest BCUT2D eigenvalue weighted by Crippen LogP contribution is -2.54. The second-order valence-electron chi connectivity index (χ2n) is 10.2. The third kappa shape index (κ3) is 7.72. The normalized spacial score (nSPS) is 15.0. The largest absolute Gasteiger partial charge is 0.497 e. The van der Waals surface area contributed by atoms with Crippen LogP contribution in [0.2, 0.25) is 0 Å². The lowest BCUT2D eigenvalue weighted by Gasteiger charge is -2.34. The number of sulfonamides is 1. The van der Waals surface area contributed by atoms with Gasteiger partial charge in [0.05, 0.1) is 19.1 Å². The summed E-state index contributed by atoms with van der Waals surface area (Å²) in [6.45, 7) is 5.31. The van der Waals surface area contributed by atoms with Gasteiger partial charge in [-0.15, -0.1) is 0 Å². The molecule has 8 nitrogen and oxygen atoms in total. The number of benzene rings is 2. The standard InChI is InChI=1S/C29H41N3O5S/c1-6-26(29(34)30-24-12-8-7-9-13-24)31(19-23-11-10-14-25(18-23)37-4)28(33)20-32(38(5,35)36)27-17-21(2)15-16-22(27)3/h10-11,14-18,24,26H,6-9,12-13,19-20H2,1-5H3,(H,30,34)/t26-/m1/s1. The summed E-state index contributed by atoms with van der Waals surface area (Å²) in [5.74, 6) is 0.000774. The van der Waals surface area contributed by atoms with Crippen LogP contribution in [0.5, 0.6) is 5.75 Å². The Hall–Kier alpha value is -3.07. The van der Waals surface area contributed by atoms with Gasteiger partial charge in [0.15, 0.2) is 0 Å². The van der Waals surface area contributed by atoms with E-state index >= 15 is 0 Å². The Morgan fingerprint density at radius 3 is 2.42 bits per heavy atom. The van der Waals surface area contributed by atoms with Gasteiger partial charge in [0, 0.05) is 12.6 Å². The molecule has 0 saturated heterocycles. The maximum Gasteiger partial charge on any atom is 0.244 e. The first-order valence-corrected chi connectivity index (χ1v) is 15.2. The Bertz CT molecular complexity index is 1220. The minimum atomic E-state index is -3.78. The summed E-state index contributed by atoms with van der Waals surface area (Å²) in [7, 11) is -2.21. The number of hydrogen-bond acceptors (Lipinski definition) is 5. The molecule has 1 fully saturated rings. The van der Waals surface area contributed by atoms with Crippen LogP contribution in [0.1, 0.15) is 62.1 Å². The van der Waals surface area contributed by atoms with Crippen LogP contribution in [0.15, 0.2) is 42.5 Å². The summed E-state index contributed by atoms with van der Waals surface area (Å²) < 4.78 is 32.3. The first-order chi connectivity index (χ1) is 18.0. The van der Waals surface area contributed by atoms with E-state index in [1.54, 1.807) is 13.2 Å². The number of amides is 2. The van der Waals surface area contributed by atoms with Crippen LogP contribution in [0.4, 0.5) is 5.69 Å². The Kier molecular flexibility index (Phi) is 10.2. The van der Waals surface area contributed by atoms with E-state index in [1.165, 1.54) is 11.3 Å². The summed E-state index contributed by atoms with van der Waals surface area (Å²) in [6, 6.07) is 12.2. The van der Waals surface area contributed by atoms with Gasteiger partial charge >= 0.3 is 0 Å². The van der Waals surface area contributed by atoms with Crippen LogP contribution in [0.3, 0.4) is 0 Å². The van der Waals surface area contributed by atoms with E-state index in [1.807, 2.05) is 57.2 Å².